The fourth-order valence-corrected chi connectivity index (χ4v) is 1.85. The second kappa shape index (κ2) is 7.47. The molecule has 0 aliphatic carbocycles. The summed E-state index contributed by atoms with van der Waals surface area (Å²) in [6, 6.07) is 13.3. The quantitative estimate of drug-likeness (QED) is 0.586. The Morgan fingerprint density at radius 1 is 1.23 bits per heavy atom. The minimum absolute atomic E-state index is 0.104. The number of para-hydroxylation sites is 1. The van der Waals surface area contributed by atoms with E-state index in [0.29, 0.717) is 10.6 Å². The standard InChI is InChI=1S/C16H16ClN3O2/c1-11(19-14-8-6-13(17)7-9-14)16(22)20-18-10-12-4-2-3-5-15(12)21/h2-11,19,21H,1H3,(H,20,22)/b18-10-/t11-/m0/s1. The molecule has 0 aliphatic heterocycles. The van der Waals surface area contributed by atoms with E-state index in [4.69, 9.17) is 11.6 Å². The van der Waals surface area contributed by atoms with E-state index in [1.165, 1.54) is 6.21 Å². The van der Waals surface area contributed by atoms with E-state index in [2.05, 4.69) is 15.8 Å². The van der Waals surface area contributed by atoms with E-state index in [9.17, 15) is 9.90 Å². The Morgan fingerprint density at radius 2 is 1.91 bits per heavy atom. The molecule has 22 heavy (non-hydrogen) atoms. The highest BCUT2D eigenvalue weighted by atomic mass is 35.5. The highest BCUT2D eigenvalue weighted by molar-refractivity contribution is 6.30. The molecule has 2 aromatic rings. The molecule has 2 aromatic carbocycles. The summed E-state index contributed by atoms with van der Waals surface area (Å²) in [6.45, 7) is 1.72. The van der Waals surface area contributed by atoms with Crippen LogP contribution in [0.3, 0.4) is 0 Å². The minimum atomic E-state index is -0.470. The molecule has 0 spiro atoms. The average molecular weight is 318 g/mol. The fraction of sp³-hybridized carbons (Fsp3) is 0.125. The van der Waals surface area contributed by atoms with Crippen molar-refractivity contribution in [1.82, 2.24) is 5.43 Å². The SMILES string of the molecule is C[C@H](Nc1ccc(Cl)cc1)C(=O)N/N=C\c1ccccc1O. The number of nitrogens with one attached hydrogen (secondary N) is 2. The van der Waals surface area contributed by atoms with Crippen LogP contribution in [0.15, 0.2) is 53.6 Å². The van der Waals surface area contributed by atoms with Gasteiger partial charge in [0, 0.05) is 16.3 Å². The van der Waals surface area contributed by atoms with Crippen molar-refractivity contribution in [1.29, 1.82) is 0 Å². The molecule has 0 heterocycles. The first kappa shape index (κ1) is 15.9. The lowest BCUT2D eigenvalue weighted by Crippen LogP contribution is -2.34. The molecule has 5 nitrogen and oxygen atoms in total. The molecular formula is C16H16ClN3O2. The number of carbonyl (C=O) groups excluding carboxylic acids is 1. The number of nitrogens with zero attached hydrogens (tertiary/aromatic N) is 1. The third-order valence-electron chi connectivity index (χ3n) is 2.94. The first-order valence-electron chi connectivity index (χ1n) is 6.69. The van der Waals surface area contributed by atoms with E-state index in [1.807, 2.05) is 0 Å². The van der Waals surface area contributed by atoms with Crippen molar-refractivity contribution in [3.63, 3.8) is 0 Å². The number of amides is 1. The van der Waals surface area contributed by atoms with E-state index >= 15 is 0 Å². The molecule has 1 amide bonds. The summed E-state index contributed by atoms with van der Waals surface area (Å²) >= 11 is 5.80. The van der Waals surface area contributed by atoms with Crippen LogP contribution in [0, 0.1) is 0 Å². The van der Waals surface area contributed by atoms with Crippen LogP contribution in [0.1, 0.15) is 12.5 Å². The largest absolute Gasteiger partial charge is 0.507 e. The smallest absolute Gasteiger partial charge is 0.262 e. The van der Waals surface area contributed by atoms with Crippen molar-refractivity contribution in [2.45, 2.75) is 13.0 Å². The van der Waals surface area contributed by atoms with Crippen molar-refractivity contribution in [3.8, 4) is 5.75 Å². The number of benzene rings is 2. The van der Waals surface area contributed by atoms with Crippen LogP contribution in [0.5, 0.6) is 5.75 Å². The molecule has 0 radical (unpaired) electrons. The Balaban J connectivity index is 1.89. The zero-order chi connectivity index (χ0) is 15.9. The number of anilines is 1. The molecule has 0 bridgehead atoms. The normalized spacial score (nSPS) is 12.1. The van der Waals surface area contributed by atoms with E-state index < -0.39 is 6.04 Å². The first-order chi connectivity index (χ1) is 10.6. The third-order valence-corrected chi connectivity index (χ3v) is 3.19. The third kappa shape index (κ3) is 4.49. The number of phenolic OH excluding ortho intramolecular Hbond substituents is 1. The van der Waals surface area contributed by atoms with Crippen molar-refractivity contribution < 1.29 is 9.90 Å². The number of phenols is 1. The van der Waals surface area contributed by atoms with Gasteiger partial charge >= 0.3 is 0 Å². The van der Waals surface area contributed by atoms with E-state index in [1.54, 1.807) is 55.5 Å². The van der Waals surface area contributed by atoms with Crippen molar-refractivity contribution in [2.24, 2.45) is 5.10 Å². The van der Waals surface area contributed by atoms with Crippen molar-refractivity contribution in [3.05, 3.63) is 59.1 Å². The maximum Gasteiger partial charge on any atom is 0.262 e. The van der Waals surface area contributed by atoms with Crippen LogP contribution in [-0.4, -0.2) is 23.3 Å². The number of aromatic hydroxyl groups is 1. The van der Waals surface area contributed by atoms with Gasteiger partial charge in [-0.25, -0.2) is 5.43 Å². The Hall–Kier alpha value is -2.53. The Labute approximate surface area is 133 Å². The van der Waals surface area contributed by atoms with Crippen LogP contribution >= 0.6 is 11.6 Å². The Kier molecular flexibility index (Phi) is 5.38. The Bertz CT molecular complexity index is 671. The second-order valence-electron chi connectivity index (χ2n) is 4.67. The van der Waals surface area contributed by atoms with Gasteiger partial charge in [-0.05, 0) is 43.3 Å². The molecule has 0 aromatic heterocycles. The zero-order valence-corrected chi connectivity index (χ0v) is 12.7. The van der Waals surface area contributed by atoms with Crippen LogP contribution < -0.4 is 10.7 Å². The minimum Gasteiger partial charge on any atom is -0.507 e. The molecule has 0 saturated heterocycles. The number of rotatable bonds is 5. The summed E-state index contributed by atoms with van der Waals surface area (Å²) in [5.74, 6) is -0.186. The van der Waals surface area contributed by atoms with Crippen LogP contribution in [0.2, 0.25) is 5.02 Å². The summed E-state index contributed by atoms with van der Waals surface area (Å²) in [4.78, 5) is 11.9. The Morgan fingerprint density at radius 3 is 2.59 bits per heavy atom. The van der Waals surface area contributed by atoms with Gasteiger partial charge in [-0.2, -0.15) is 5.10 Å². The predicted molar refractivity (Wildman–Crippen MR) is 88.4 cm³/mol. The second-order valence-corrected chi connectivity index (χ2v) is 5.10. The monoisotopic (exact) mass is 317 g/mol. The molecule has 0 aliphatic rings. The van der Waals surface area contributed by atoms with Crippen LogP contribution in [-0.2, 0) is 4.79 Å². The molecule has 6 heteroatoms. The van der Waals surface area contributed by atoms with Gasteiger partial charge in [0.2, 0.25) is 0 Å². The number of halogens is 1. The van der Waals surface area contributed by atoms with Gasteiger partial charge < -0.3 is 10.4 Å². The summed E-state index contributed by atoms with van der Waals surface area (Å²) in [5.41, 5.74) is 3.74. The molecule has 0 fully saturated rings. The lowest BCUT2D eigenvalue weighted by atomic mass is 10.2. The summed E-state index contributed by atoms with van der Waals surface area (Å²) in [7, 11) is 0. The molecule has 3 N–H and O–H groups in total. The summed E-state index contributed by atoms with van der Waals surface area (Å²) < 4.78 is 0. The molecule has 2 rings (SSSR count). The molecule has 114 valence electrons. The maximum absolute atomic E-state index is 11.9. The lowest BCUT2D eigenvalue weighted by Gasteiger charge is -2.13. The van der Waals surface area contributed by atoms with Gasteiger partial charge in [-0.3, -0.25) is 4.79 Å². The topological polar surface area (TPSA) is 73.7 Å². The van der Waals surface area contributed by atoms with E-state index in [0.717, 1.165) is 5.69 Å². The highest BCUT2D eigenvalue weighted by Crippen LogP contribution is 2.14. The summed E-state index contributed by atoms with van der Waals surface area (Å²) in [6.07, 6.45) is 1.39. The fourth-order valence-electron chi connectivity index (χ4n) is 1.72. The lowest BCUT2D eigenvalue weighted by molar-refractivity contribution is -0.121. The molecular weight excluding hydrogens is 302 g/mol. The number of carbonyl (C=O) groups is 1. The van der Waals surface area contributed by atoms with Gasteiger partial charge in [0.25, 0.3) is 5.91 Å². The zero-order valence-electron chi connectivity index (χ0n) is 12.0. The van der Waals surface area contributed by atoms with E-state index in [-0.39, 0.29) is 11.7 Å². The number of hydrazone groups is 1. The van der Waals surface area contributed by atoms with Gasteiger partial charge in [0.1, 0.15) is 11.8 Å². The highest BCUT2D eigenvalue weighted by Gasteiger charge is 2.11. The maximum atomic E-state index is 11.9. The number of hydrogen-bond donors (Lipinski definition) is 3. The predicted octanol–water partition coefficient (Wildman–Crippen LogP) is 3.00. The molecule has 0 saturated carbocycles. The van der Waals surface area contributed by atoms with Crippen LogP contribution in [0.25, 0.3) is 0 Å². The average Bonchev–Trinajstić information content (AvgIpc) is 2.51. The van der Waals surface area contributed by atoms with Gasteiger partial charge in [-0.1, -0.05) is 23.7 Å². The van der Waals surface area contributed by atoms with Gasteiger partial charge in [0.05, 0.1) is 6.21 Å². The van der Waals surface area contributed by atoms with Gasteiger partial charge in [-0.15, -0.1) is 0 Å². The van der Waals surface area contributed by atoms with Crippen LogP contribution in [0.4, 0.5) is 5.69 Å². The van der Waals surface area contributed by atoms with Crippen molar-refractivity contribution >= 4 is 29.4 Å². The summed E-state index contributed by atoms with van der Waals surface area (Å²) in [5, 5.41) is 17.1. The molecule has 0 unspecified atom stereocenters. The number of hydrogen-bond acceptors (Lipinski definition) is 4. The van der Waals surface area contributed by atoms with Gasteiger partial charge in [0.15, 0.2) is 0 Å². The first-order valence-corrected chi connectivity index (χ1v) is 7.07. The molecule has 1 atom stereocenters. The van der Waals surface area contributed by atoms with Crippen molar-refractivity contribution in [2.75, 3.05) is 5.32 Å².